The van der Waals surface area contributed by atoms with Crippen molar-refractivity contribution in [3.8, 4) is 5.75 Å². The molecule has 0 saturated heterocycles. The van der Waals surface area contributed by atoms with Crippen molar-refractivity contribution in [2.24, 2.45) is 0 Å². The zero-order valence-electron chi connectivity index (χ0n) is 21.0. The molecule has 1 fully saturated rings. The average Bonchev–Trinajstić information content (AvgIpc) is 2.93. The predicted octanol–water partition coefficient (Wildman–Crippen LogP) is 6.97. The Balaban J connectivity index is 1.58. The Labute approximate surface area is 219 Å². The number of hydrogen-bond donors (Lipinski definition) is 1. The molecule has 0 aromatic heterocycles. The zero-order valence-corrected chi connectivity index (χ0v) is 21.0. The number of nitrogens with one attached hydrogen (secondary N) is 1. The summed E-state index contributed by atoms with van der Waals surface area (Å²) in [6.45, 7) is 0. The van der Waals surface area contributed by atoms with Gasteiger partial charge in [0.1, 0.15) is 5.75 Å². The number of carbonyl (C=O) groups excluding carboxylic acids is 2. The number of nitrogens with zero attached hydrogens (tertiary/aromatic N) is 1. The van der Waals surface area contributed by atoms with Crippen molar-refractivity contribution in [1.82, 2.24) is 4.90 Å². The second kappa shape index (κ2) is 10.5. The van der Waals surface area contributed by atoms with Gasteiger partial charge < -0.3 is 15.0 Å². The van der Waals surface area contributed by atoms with E-state index < -0.39 is 23.7 Å². The van der Waals surface area contributed by atoms with Crippen molar-refractivity contribution in [2.45, 2.75) is 56.3 Å². The van der Waals surface area contributed by atoms with Crippen LogP contribution in [0.1, 0.15) is 71.1 Å². The number of rotatable bonds is 5. The molecule has 1 saturated carbocycles. The molecule has 2 amide bonds. The predicted molar refractivity (Wildman–Crippen MR) is 138 cm³/mol. The van der Waals surface area contributed by atoms with Crippen LogP contribution in [0.5, 0.6) is 5.75 Å². The van der Waals surface area contributed by atoms with Gasteiger partial charge in [-0.1, -0.05) is 49.6 Å². The summed E-state index contributed by atoms with van der Waals surface area (Å²) in [5.74, 6) is -0.592. The summed E-state index contributed by atoms with van der Waals surface area (Å²) in [4.78, 5) is 29.8. The number of fused-ring (bicyclic) bond motifs is 1. The maximum atomic E-state index is 14.0. The van der Waals surface area contributed by atoms with Gasteiger partial charge in [-0.2, -0.15) is 13.2 Å². The highest BCUT2D eigenvalue weighted by molar-refractivity contribution is 6.04. The van der Waals surface area contributed by atoms with Crippen LogP contribution < -0.4 is 10.1 Å². The quantitative estimate of drug-likeness (QED) is 0.394. The molecule has 2 atom stereocenters. The van der Waals surface area contributed by atoms with E-state index in [0.717, 1.165) is 49.8 Å². The van der Waals surface area contributed by atoms with Crippen LogP contribution in [0.15, 0.2) is 72.8 Å². The van der Waals surface area contributed by atoms with Gasteiger partial charge in [0.05, 0.1) is 24.6 Å². The fraction of sp³-hybridized carbons (Fsp3) is 0.333. The van der Waals surface area contributed by atoms with E-state index in [1.165, 1.54) is 12.1 Å². The van der Waals surface area contributed by atoms with E-state index in [9.17, 15) is 22.8 Å². The van der Waals surface area contributed by atoms with Gasteiger partial charge in [-0.05, 0) is 66.4 Å². The number of alkyl halides is 3. The molecule has 1 aliphatic carbocycles. The maximum absolute atomic E-state index is 14.0. The molecule has 5 rings (SSSR count). The minimum Gasteiger partial charge on any atom is -0.497 e. The lowest BCUT2D eigenvalue weighted by Gasteiger charge is -2.46. The monoisotopic (exact) mass is 522 g/mol. The first-order valence-corrected chi connectivity index (χ1v) is 12.8. The minimum absolute atomic E-state index is 0.0157. The molecule has 8 heteroatoms. The van der Waals surface area contributed by atoms with Crippen LogP contribution >= 0.6 is 0 Å². The molecule has 0 radical (unpaired) electrons. The first-order valence-electron chi connectivity index (χ1n) is 12.8. The highest BCUT2D eigenvalue weighted by Gasteiger charge is 2.46. The van der Waals surface area contributed by atoms with Gasteiger partial charge in [0.2, 0.25) is 5.91 Å². The van der Waals surface area contributed by atoms with Gasteiger partial charge in [0.15, 0.2) is 0 Å². The molecule has 1 N–H and O–H groups in total. The summed E-state index contributed by atoms with van der Waals surface area (Å²) >= 11 is 0. The zero-order chi connectivity index (χ0) is 26.9. The summed E-state index contributed by atoms with van der Waals surface area (Å²) in [5, 5.41) is 2.82. The molecule has 38 heavy (non-hydrogen) atoms. The summed E-state index contributed by atoms with van der Waals surface area (Å²) in [5.41, 5.74) is 1.36. The number of hydrogen-bond acceptors (Lipinski definition) is 3. The normalized spacial score (nSPS) is 20.1. The van der Waals surface area contributed by atoms with Crippen molar-refractivity contribution in [2.75, 3.05) is 12.4 Å². The first-order chi connectivity index (χ1) is 18.3. The Bertz CT molecular complexity index is 1300. The third-order valence-electron chi connectivity index (χ3n) is 7.56. The third kappa shape index (κ3) is 4.99. The number of carbonyl (C=O) groups is 2. The summed E-state index contributed by atoms with van der Waals surface area (Å²) in [6.07, 6.45) is 0.370. The van der Waals surface area contributed by atoms with Crippen LogP contribution in [-0.4, -0.2) is 29.9 Å². The summed E-state index contributed by atoms with van der Waals surface area (Å²) in [6, 6.07) is 18.3. The largest absolute Gasteiger partial charge is 0.497 e. The molecule has 3 aromatic rings. The molecular formula is C30H29F3N2O3. The average molecular weight is 523 g/mol. The van der Waals surface area contributed by atoms with Crippen molar-refractivity contribution in [3.05, 3.63) is 95.1 Å². The fourth-order valence-electron chi connectivity index (χ4n) is 5.71. The van der Waals surface area contributed by atoms with E-state index in [4.69, 9.17) is 4.74 Å². The van der Waals surface area contributed by atoms with E-state index in [1.54, 1.807) is 31.4 Å². The molecule has 0 spiro atoms. The second-order valence-corrected chi connectivity index (χ2v) is 9.85. The Morgan fingerprint density at radius 2 is 1.58 bits per heavy atom. The summed E-state index contributed by atoms with van der Waals surface area (Å²) in [7, 11) is 1.57. The van der Waals surface area contributed by atoms with Gasteiger partial charge in [0.25, 0.3) is 5.91 Å². The van der Waals surface area contributed by atoms with Crippen LogP contribution in [-0.2, 0) is 11.0 Å². The molecule has 198 valence electrons. The highest BCUT2D eigenvalue weighted by atomic mass is 19.4. The number of methoxy groups -OCH3 is 1. The van der Waals surface area contributed by atoms with Crippen molar-refractivity contribution >= 4 is 17.5 Å². The second-order valence-electron chi connectivity index (χ2n) is 9.85. The summed E-state index contributed by atoms with van der Waals surface area (Å²) < 4.78 is 44.5. The van der Waals surface area contributed by atoms with Gasteiger partial charge in [0, 0.05) is 17.3 Å². The van der Waals surface area contributed by atoms with E-state index in [2.05, 4.69) is 5.32 Å². The lowest BCUT2D eigenvalue weighted by molar-refractivity contribution is -0.137. The van der Waals surface area contributed by atoms with Gasteiger partial charge in [-0.25, -0.2) is 0 Å². The Morgan fingerprint density at radius 1 is 0.921 bits per heavy atom. The van der Waals surface area contributed by atoms with Crippen LogP contribution in [0.2, 0.25) is 0 Å². The lowest BCUT2D eigenvalue weighted by Crippen LogP contribution is -2.51. The van der Waals surface area contributed by atoms with Crippen molar-refractivity contribution < 1.29 is 27.5 Å². The van der Waals surface area contributed by atoms with Gasteiger partial charge >= 0.3 is 6.18 Å². The number of anilines is 1. The van der Waals surface area contributed by atoms with Gasteiger partial charge in [-0.3, -0.25) is 9.59 Å². The molecule has 5 nitrogen and oxygen atoms in total. The Morgan fingerprint density at radius 3 is 2.21 bits per heavy atom. The third-order valence-corrected chi connectivity index (χ3v) is 7.56. The Kier molecular flexibility index (Phi) is 7.15. The molecule has 1 aliphatic heterocycles. The lowest BCUT2D eigenvalue weighted by atomic mass is 9.77. The number of amides is 2. The standard InChI is InChI=1S/C30H29F3N2O3/c1-38-23-17-11-19(12-18-23)27-26(28(36)34-21-15-13-20(14-16-21)30(31,32)33)24-9-5-6-10-25(24)29(37)35(27)22-7-3-2-4-8-22/h5-6,9-18,22,26-27H,2-4,7-8H2,1H3,(H,34,36)/t26-,27+/m1/s1. The molecule has 1 heterocycles. The van der Waals surface area contributed by atoms with E-state index in [0.29, 0.717) is 16.9 Å². The topological polar surface area (TPSA) is 58.6 Å². The number of benzene rings is 3. The van der Waals surface area contributed by atoms with Crippen molar-refractivity contribution in [1.29, 1.82) is 0 Å². The SMILES string of the molecule is COc1ccc([C@H]2[C@H](C(=O)Nc3ccc(C(F)(F)F)cc3)c3ccccc3C(=O)N2C2CCCCC2)cc1. The molecule has 3 aromatic carbocycles. The number of halogens is 3. The van der Waals surface area contributed by atoms with Crippen LogP contribution in [0, 0.1) is 0 Å². The van der Waals surface area contributed by atoms with Crippen LogP contribution in [0.25, 0.3) is 0 Å². The molecule has 0 unspecified atom stereocenters. The van der Waals surface area contributed by atoms with Crippen molar-refractivity contribution in [3.63, 3.8) is 0 Å². The molecular weight excluding hydrogens is 493 g/mol. The Hall–Kier alpha value is -3.81. The van der Waals surface area contributed by atoms with Crippen LogP contribution in [0.4, 0.5) is 18.9 Å². The van der Waals surface area contributed by atoms with E-state index >= 15 is 0 Å². The first kappa shape index (κ1) is 25.8. The number of ether oxygens (including phenoxy) is 1. The molecule has 2 aliphatic rings. The fourth-order valence-corrected chi connectivity index (χ4v) is 5.71. The van der Waals surface area contributed by atoms with Crippen LogP contribution in [0.3, 0.4) is 0 Å². The maximum Gasteiger partial charge on any atom is 0.416 e. The van der Waals surface area contributed by atoms with E-state index in [-0.39, 0.29) is 23.5 Å². The van der Waals surface area contributed by atoms with E-state index in [1.807, 2.05) is 29.2 Å². The smallest absolute Gasteiger partial charge is 0.416 e. The van der Waals surface area contributed by atoms with Gasteiger partial charge in [-0.15, -0.1) is 0 Å². The molecule has 0 bridgehead atoms. The highest BCUT2D eigenvalue weighted by Crippen LogP contribution is 2.46. The minimum atomic E-state index is -4.47.